The summed E-state index contributed by atoms with van der Waals surface area (Å²) in [5.41, 5.74) is 1.47. The van der Waals surface area contributed by atoms with Crippen LogP contribution in [0.15, 0.2) is 29.1 Å². The molecule has 2 aromatic heterocycles. The first-order chi connectivity index (χ1) is 7.66. The normalized spacial score (nSPS) is 12.4. The van der Waals surface area contributed by atoms with Crippen LogP contribution in [0.3, 0.4) is 0 Å². The highest BCUT2D eigenvalue weighted by Gasteiger charge is 2.13. The molecule has 5 nitrogen and oxygen atoms in total. The quantitative estimate of drug-likeness (QED) is 0.826. The van der Waals surface area contributed by atoms with Gasteiger partial charge in [-0.3, -0.25) is 9.89 Å². The number of nitrogens with one attached hydrogen (secondary N) is 2. The second kappa shape index (κ2) is 4.22. The van der Waals surface area contributed by atoms with Crippen molar-refractivity contribution in [2.75, 3.05) is 0 Å². The average molecular weight is 219 g/mol. The molecule has 0 aliphatic heterocycles. The molecule has 2 aromatic rings. The molecule has 0 aliphatic carbocycles. The molecule has 0 spiro atoms. The van der Waals surface area contributed by atoms with Crippen LogP contribution in [-0.4, -0.2) is 16.1 Å². The number of nitrogens with zero attached hydrogens (tertiary/aromatic N) is 1. The van der Waals surface area contributed by atoms with Gasteiger partial charge in [-0.25, -0.2) is 0 Å². The Morgan fingerprint density at radius 1 is 1.62 bits per heavy atom. The Morgan fingerprint density at radius 2 is 2.44 bits per heavy atom. The fourth-order valence-corrected chi connectivity index (χ4v) is 1.42. The number of carbonyl (C=O) groups is 1. The van der Waals surface area contributed by atoms with Crippen molar-refractivity contribution in [3.63, 3.8) is 0 Å². The van der Waals surface area contributed by atoms with E-state index >= 15 is 0 Å². The molecule has 0 aromatic carbocycles. The van der Waals surface area contributed by atoms with Gasteiger partial charge in [0.2, 0.25) is 0 Å². The first-order valence-electron chi connectivity index (χ1n) is 5.01. The zero-order valence-corrected chi connectivity index (χ0v) is 9.15. The van der Waals surface area contributed by atoms with Crippen molar-refractivity contribution in [1.29, 1.82) is 0 Å². The maximum absolute atomic E-state index is 11.8. The van der Waals surface area contributed by atoms with Gasteiger partial charge in [0, 0.05) is 11.8 Å². The first kappa shape index (κ1) is 10.5. The van der Waals surface area contributed by atoms with Crippen LogP contribution in [0.2, 0.25) is 0 Å². The monoisotopic (exact) mass is 219 g/mol. The van der Waals surface area contributed by atoms with Crippen LogP contribution >= 0.6 is 0 Å². The minimum Gasteiger partial charge on any atom is -0.469 e. The summed E-state index contributed by atoms with van der Waals surface area (Å²) in [6.07, 6.45) is 4.89. The van der Waals surface area contributed by atoms with Crippen molar-refractivity contribution in [2.45, 2.75) is 19.9 Å². The Bertz CT molecular complexity index is 473. The van der Waals surface area contributed by atoms with Crippen LogP contribution in [0.5, 0.6) is 0 Å². The molecule has 0 fully saturated rings. The summed E-state index contributed by atoms with van der Waals surface area (Å²) in [6.45, 7) is 3.70. The number of carbonyl (C=O) groups excluding carboxylic acids is 1. The van der Waals surface area contributed by atoms with Gasteiger partial charge in [-0.1, -0.05) is 0 Å². The van der Waals surface area contributed by atoms with E-state index in [1.807, 2.05) is 6.92 Å². The van der Waals surface area contributed by atoms with Gasteiger partial charge in [0.05, 0.1) is 17.8 Å². The molecular weight excluding hydrogens is 206 g/mol. The van der Waals surface area contributed by atoms with Gasteiger partial charge in [0.25, 0.3) is 5.91 Å². The van der Waals surface area contributed by atoms with E-state index in [4.69, 9.17) is 4.42 Å². The summed E-state index contributed by atoms with van der Waals surface area (Å²) in [4.78, 5) is 11.8. The van der Waals surface area contributed by atoms with Crippen LogP contribution in [0.4, 0.5) is 0 Å². The average Bonchev–Trinajstić information content (AvgIpc) is 2.87. The molecule has 0 aliphatic rings. The van der Waals surface area contributed by atoms with Crippen molar-refractivity contribution >= 4 is 5.91 Å². The molecule has 84 valence electrons. The number of hydrogen-bond acceptors (Lipinski definition) is 3. The lowest BCUT2D eigenvalue weighted by Crippen LogP contribution is -2.25. The summed E-state index contributed by atoms with van der Waals surface area (Å²) < 4.78 is 5.08. The van der Waals surface area contributed by atoms with Crippen LogP contribution in [-0.2, 0) is 0 Å². The molecule has 0 radical (unpaired) electrons. The molecule has 0 bridgehead atoms. The number of aryl methyl sites for hydroxylation is 1. The van der Waals surface area contributed by atoms with Gasteiger partial charge in [-0.2, -0.15) is 5.10 Å². The summed E-state index contributed by atoms with van der Waals surface area (Å²) in [7, 11) is 0. The highest BCUT2D eigenvalue weighted by molar-refractivity contribution is 5.94. The maximum Gasteiger partial charge on any atom is 0.255 e. The van der Waals surface area contributed by atoms with E-state index < -0.39 is 0 Å². The number of furan rings is 1. The van der Waals surface area contributed by atoms with E-state index in [2.05, 4.69) is 15.5 Å². The first-order valence-corrected chi connectivity index (χ1v) is 5.01. The van der Waals surface area contributed by atoms with E-state index in [0.717, 1.165) is 11.3 Å². The van der Waals surface area contributed by atoms with Crippen molar-refractivity contribution in [1.82, 2.24) is 15.5 Å². The van der Waals surface area contributed by atoms with Gasteiger partial charge in [-0.05, 0) is 19.9 Å². The Labute approximate surface area is 92.9 Å². The molecule has 5 heteroatoms. The van der Waals surface area contributed by atoms with Gasteiger partial charge >= 0.3 is 0 Å². The molecule has 16 heavy (non-hydrogen) atoms. The highest BCUT2D eigenvalue weighted by Crippen LogP contribution is 2.12. The van der Waals surface area contributed by atoms with Crippen molar-refractivity contribution in [3.05, 3.63) is 41.6 Å². The number of aromatic amines is 1. The largest absolute Gasteiger partial charge is 0.469 e. The predicted octanol–water partition coefficient (Wildman–Crippen LogP) is 1.80. The van der Waals surface area contributed by atoms with Crippen molar-refractivity contribution in [3.8, 4) is 0 Å². The Morgan fingerprint density at radius 3 is 3.00 bits per heavy atom. The number of amides is 1. The predicted molar refractivity (Wildman–Crippen MR) is 57.9 cm³/mol. The lowest BCUT2D eigenvalue weighted by molar-refractivity contribution is 0.0939. The topological polar surface area (TPSA) is 70.9 Å². The maximum atomic E-state index is 11.8. The third-order valence-electron chi connectivity index (χ3n) is 2.36. The van der Waals surface area contributed by atoms with Crippen molar-refractivity contribution < 1.29 is 9.21 Å². The second-order valence-corrected chi connectivity index (χ2v) is 3.67. The summed E-state index contributed by atoms with van der Waals surface area (Å²) >= 11 is 0. The SMILES string of the molecule is Cc1cc(C(=O)NC(C)c2cn[nH]c2)co1. The summed E-state index contributed by atoms with van der Waals surface area (Å²) in [5, 5.41) is 9.39. The van der Waals surface area contributed by atoms with Crippen LogP contribution in [0, 0.1) is 6.92 Å². The fraction of sp³-hybridized carbons (Fsp3) is 0.273. The summed E-state index contributed by atoms with van der Waals surface area (Å²) in [6, 6.07) is 1.62. The minimum absolute atomic E-state index is 0.0820. The van der Waals surface area contributed by atoms with E-state index in [1.54, 1.807) is 25.4 Å². The number of rotatable bonds is 3. The molecule has 0 saturated heterocycles. The number of H-pyrrole nitrogens is 1. The fourth-order valence-electron chi connectivity index (χ4n) is 1.42. The molecule has 0 saturated carbocycles. The van der Waals surface area contributed by atoms with E-state index in [0.29, 0.717) is 5.56 Å². The highest BCUT2D eigenvalue weighted by atomic mass is 16.3. The van der Waals surface area contributed by atoms with E-state index in [1.165, 1.54) is 6.26 Å². The zero-order chi connectivity index (χ0) is 11.5. The smallest absolute Gasteiger partial charge is 0.255 e. The Kier molecular flexibility index (Phi) is 2.76. The molecular formula is C11H13N3O2. The van der Waals surface area contributed by atoms with Gasteiger partial charge < -0.3 is 9.73 Å². The van der Waals surface area contributed by atoms with E-state index in [9.17, 15) is 4.79 Å². The van der Waals surface area contributed by atoms with Crippen LogP contribution < -0.4 is 5.32 Å². The van der Waals surface area contributed by atoms with Crippen molar-refractivity contribution in [2.24, 2.45) is 0 Å². The Balaban J connectivity index is 2.03. The molecule has 2 rings (SSSR count). The van der Waals surface area contributed by atoms with Crippen LogP contribution in [0.1, 0.15) is 34.6 Å². The molecule has 1 amide bonds. The Hall–Kier alpha value is -2.04. The van der Waals surface area contributed by atoms with Gasteiger partial charge in [0.15, 0.2) is 0 Å². The van der Waals surface area contributed by atoms with Gasteiger partial charge in [-0.15, -0.1) is 0 Å². The summed E-state index contributed by atoms with van der Waals surface area (Å²) in [5.74, 6) is 0.576. The van der Waals surface area contributed by atoms with E-state index in [-0.39, 0.29) is 11.9 Å². The molecule has 1 atom stereocenters. The number of aromatic nitrogens is 2. The minimum atomic E-state index is -0.148. The lowest BCUT2D eigenvalue weighted by Gasteiger charge is -2.10. The standard InChI is InChI=1S/C11H13N3O2/c1-7-3-9(6-16-7)11(15)14-8(2)10-4-12-13-5-10/h3-6,8H,1-2H3,(H,12,13)(H,14,15). The second-order valence-electron chi connectivity index (χ2n) is 3.67. The number of hydrogen-bond donors (Lipinski definition) is 2. The van der Waals surface area contributed by atoms with Crippen LogP contribution in [0.25, 0.3) is 0 Å². The third kappa shape index (κ3) is 2.13. The molecule has 2 N–H and O–H groups in total. The molecule has 2 heterocycles. The zero-order valence-electron chi connectivity index (χ0n) is 9.15. The lowest BCUT2D eigenvalue weighted by atomic mass is 10.2. The van der Waals surface area contributed by atoms with Gasteiger partial charge in [0.1, 0.15) is 12.0 Å². The third-order valence-corrected chi connectivity index (χ3v) is 2.36. The molecule has 1 unspecified atom stereocenters.